The number of esters is 1. The molecular weight excluding hydrogens is 224 g/mol. The van der Waals surface area contributed by atoms with Crippen LogP contribution in [0.5, 0.6) is 0 Å². The predicted molar refractivity (Wildman–Crippen MR) is 73.1 cm³/mol. The molecule has 0 bridgehead atoms. The van der Waals surface area contributed by atoms with Crippen molar-refractivity contribution in [2.75, 3.05) is 7.11 Å². The Morgan fingerprint density at radius 3 is 2.67 bits per heavy atom. The molecule has 2 atom stereocenters. The minimum atomic E-state index is -0.233. The molecule has 0 N–H and O–H groups in total. The van der Waals surface area contributed by atoms with Crippen molar-refractivity contribution >= 4 is 5.97 Å². The minimum absolute atomic E-state index is 0.0556. The monoisotopic (exact) mass is 248 g/mol. The summed E-state index contributed by atoms with van der Waals surface area (Å²) in [5.41, 5.74) is 2.07. The van der Waals surface area contributed by atoms with Crippen LogP contribution in [0, 0.1) is 16.7 Å². The van der Waals surface area contributed by atoms with Crippen LogP contribution in [-0.2, 0) is 9.53 Å². The van der Waals surface area contributed by atoms with Crippen LogP contribution in [0.2, 0.25) is 0 Å². The fraction of sp³-hybridized carbons (Fsp3) is 0.688. The maximum Gasteiger partial charge on any atom is 0.337 e. The zero-order valence-electron chi connectivity index (χ0n) is 12.0. The van der Waals surface area contributed by atoms with Gasteiger partial charge in [0.2, 0.25) is 0 Å². The molecule has 100 valence electrons. The number of ether oxygens (including phenoxy) is 1. The van der Waals surface area contributed by atoms with Crippen LogP contribution in [-0.4, -0.2) is 13.1 Å². The van der Waals surface area contributed by atoms with E-state index in [1.54, 1.807) is 0 Å². The number of carbonyl (C=O) groups excluding carboxylic acids is 1. The van der Waals surface area contributed by atoms with Gasteiger partial charge < -0.3 is 4.74 Å². The normalized spacial score (nSPS) is 34.6. The van der Waals surface area contributed by atoms with Crippen LogP contribution in [0.1, 0.15) is 46.5 Å². The average molecular weight is 248 g/mol. The summed E-state index contributed by atoms with van der Waals surface area (Å²) in [6.07, 6.45) is 6.62. The molecule has 0 spiro atoms. The number of rotatable bonds is 1. The van der Waals surface area contributed by atoms with E-state index in [9.17, 15) is 4.79 Å². The molecule has 2 heteroatoms. The van der Waals surface area contributed by atoms with E-state index >= 15 is 0 Å². The molecule has 0 aromatic heterocycles. The number of hydrogen-bond donors (Lipinski definition) is 0. The smallest absolute Gasteiger partial charge is 0.337 e. The second-order valence-corrected chi connectivity index (χ2v) is 6.64. The summed E-state index contributed by atoms with van der Waals surface area (Å²) in [6.45, 7) is 11.2. The summed E-state index contributed by atoms with van der Waals surface area (Å²) in [7, 11) is 1.44. The number of allylic oxidation sites excluding steroid dienone is 1. The summed E-state index contributed by atoms with van der Waals surface area (Å²) in [5.74, 6) is 0.350. The van der Waals surface area contributed by atoms with E-state index < -0.39 is 0 Å². The molecule has 18 heavy (non-hydrogen) atoms. The van der Waals surface area contributed by atoms with Crippen molar-refractivity contribution in [2.24, 2.45) is 16.7 Å². The first-order valence-corrected chi connectivity index (χ1v) is 6.81. The molecule has 0 amide bonds. The first-order chi connectivity index (χ1) is 8.33. The Kier molecular flexibility index (Phi) is 3.16. The highest BCUT2D eigenvalue weighted by molar-refractivity contribution is 5.94. The van der Waals surface area contributed by atoms with Crippen molar-refractivity contribution in [2.45, 2.75) is 46.5 Å². The van der Waals surface area contributed by atoms with Crippen molar-refractivity contribution in [3.8, 4) is 0 Å². The van der Waals surface area contributed by atoms with Gasteiger partial charge in [-0.25, -0.2) is 4.79 Å². The summed E-state index contributed by atoms with van der Waals surface area (Å²) < 4.78 is 4.87. The largest absolute Gasteiger partial charge is 0.465 e. The minimum Gasteiger partial charge on any atom is -0.465 e. The third-order valence-corrected chi connectivity index (χ3v) is 5.21. The molecule has 1 saturated carbocycles. The van der Waals surface area contributed by atoms with E-state index in [4.69, 9.17) is 4.74 Å². The summed E-state index contributed by atoms with van der Waals surface area (Å²) >= 11 is 0. The SMILES string of the molecule is C=C1C(C(=O)OC)=CCC2C(C)(C)CCC[C@]12C. The lowest BCUT2D eigenvalue weighted by Crippen LogP contribution is -2.45. The highest BCUT2D eigenvalue weighted by atomic mass is 16.5. The fourth-order valence-corrected chi connectivity index (χ4v) is 4.05. The van der Waals surface area contributed by atoms with Gasteiger partial charge >= 0.3 is 5.97 Å². The van der Waals surface area contributed by atoms with E-state index in [0.717, 1.165) is 18.4 Å². The van der Waals surface area contributed by atoms with Gasteiger partial charge in [0.15, 0.2) is 0 Å². The topological polar surface area (TPSA) is 26.3 Å². The number of fused-ring (bicyclic) bond motifs is 1. The first kappa shape index (κ1) is 13.4. The first-order valence-electron chi connectivity index (χ1n) is 6.81. The fourth-order valence-electron chi connectivity index (χ4n) is 4.05. The van der Waals surface area contributed by atoms with Crippen LogP contribution in [0.3, 0.4) is 0 Å². The van der Waals surface area contributed by atoms with Gasteiger partial charge in [-0.2, -0.15) is 0 Å². The molecule has 0 saturated heterocycles. The van der Waals surface area contributed by atoms with E-state index in [-0.39, 0.29) is 11.4 Å². The van der Waals surface area contributed by atoms with Crippen molar-refractivity contribution in [3.05, 3.63) is 23.8 Å². The number of hydrogen-bond acceptors (Lipinski definition) is 2. The van der Waals surface area contributed by atoms with Gasteiger partial charge in [0.05, 0.1) is 12.7 Å². The Bertz CT molecular complexity index is 417. The number of carbonyl (C=O) groups is 1. The molecule has 0 heterocycles. The van der Waals surface area contributed by atoms with Gasteiger partial charge in [0.1, 0.15) is 0 Å². The van der Waals surface area contributed by atoms with E-state index in [0.29, 0.717) is 16.9 Å². The van der Waals surface area contributed by atoms with Gasteiger partial charge in [0, 0.05) is 0 Å². The second kappa shape index (κ2) is 4.25. The summed E-state index contributed by atoms with van der Waals surface area (Å²) in [5, 5.41) is 0. The molecule has 0 radical (unpaired) electrons. The van der Waals surface area contributed by atoms with E-state index in [1.165, 1.54) is 20.0 Å². The quantitative estimate of drug-likeness (QED) is 0.658. The van der Waals surface area contributed by atoms with Gasteiger partial charge in [-0.05, 0) is 41.6 Å². The summed E-state index contributed by atoms with van der Waals surface area (Å²) in [4.78, 5) is 11.8. The van der Waals surface area contributed by atoms with Crippen LogP contribution >= 0.6 is 0 Å². The third-order valence-electron chi connectivity index (χ3n) is 5.21. The van der Waals surface area contributed by atoms with E-state index in [1.807, 2.05) is 6.08 Å². The Morgan fingerprint density at radius 1 is 1.39 bits per heavy atom. The van der Waals surface area contributed by atoms with Crippen LogP contribution in [0.15, 0.2) is 23.8 Å². The summed E-state index contributed by atoms with van der Waals surface area (Å²) in [6, 6.07) is 0. The van der Waals surface area contributed by atoms with Crippen LogP contribution in [0.4, 0.5) is 0 Å². The van der Waals surface area contributed by atoms with Gasteiger partial charge in [0.25, 0.3) is 0 Å². The zero-order valence-corrected chi connectivity index (χ0v) is 12.0. The third kappa shape index (κ3) is 1.82. The highest BCUT2D eigenvalue weighted by Crippen LogP contribution is 2.59. The Balaban J connectivity index is 2.40. The van der Waals surface area contributed by atoms with E-state index in [2.05, 4.69) is 27.4 Å². The molecule has 0 aliphatic heterocycles. The van der Waals surface area contributed by atoms with Crippen LogP contribution in [0.25, 0.3) is 0 Å². The molecule has 2 aliphatic carbocycles. The van der Waals surface area contributed by atoms with Gasteiger partial charge in [-0.1, -0.05) is 39.8 Å². The lowest BCUT2D eigenvalue weighted by Gasteiger charge is -2.53. The highest BCUT2D eigenvalue weighted by Gasteiger charge is 2.50. The van der Waals surface area contributed by atoms with Gasteiger partial charge in [-0.3, -0.25) is 0 Å². The molecule has 2 nitrogen and oxygen atoms in total. The lowest BCUT2D eigenvalue weighted by atomic mass is 9.51. The van der Waals surface area contributed by atoms with Crippen molar-refractivity contribution in [3.63, 3.8) is 0 Å². The molecule has 0 aromatic carbocycles. The van der Waals surface area contributed by atoms with Crippen LogP contribution < -0.4 is 0 Å². The standard InChI is InChI=1S/C16H24O2/c1-11-12(14(17)18-5)7-8-13-15(2,3)9-6-10-16(11,13)4/h7,13H,1,6,8-10H2,2-5H3/t13?,16-/m1/s1. The molecule has 2 rings (SSSR count). The Morgan fingerprint density at radius 2 is 2.06 bits per heavy atom. The predicted octanol–water partition coefficient (Wildman–Crippen LogP) is 3.88. The second-order valence-electron chi connectivity index (χ2n) is 6.64. The maximum absolute atomic E-state index is 11.8. The van der Waals surface area contributed by atoms with Crippen molar-refractivity contribution in [1.82, 2.24) is 0 Å². The van der Waals surface area contributed by atoms with Gasteiger partial charge in [-0.15, -0.1) is 0 Å². The molecule has 1 unspecified atom stereocenters. The average Bonchev–Trinajstić information content (AvgIpc) is 2.30. The maximum atomic E-state index is 11.8. The molecule has 1 fully saturated rings. The molecule has 0 aromatic rings. The van der Waals surface area contributed by atoms with Crippen molar-refractivity contribution in [1.29, 1.82) is 0 Å². The van der Waals surface area contributed by atoms with Crippen molar-refractivity contribution < 1.29 is 9.53 Å². The lowest BCUT2D eigenvalue weighted by molar-refractivity contribution is -0.136. The zero-order chi connectivity index (χ0) is 13.6. The Labute approximate surface area is 110 Å². The molecule has 2 aliphatic rings. The Hall–Kier alpha value is -1.05. The molecular formula is C16H24O2. The number of methoxy groups -OCH3 is 1.